The minimum Gasteiger partial charge on any atom is -0.308 e. The van der Waals surface area contributed by atoms with Gasteiger partial charge >= 0.3 is 0 Å². The van der Waals surface area contributed by atoms with Gasteiger partial charge in [-0.3, -0.25) is 5.10 Å². The van der Waals surface area contributed by atoms with E-state index in [1.807, 2.05) is 17.6 Å². The van der Waals surface area contributed by atoms with E-state index in [1.165, 1.54) is 25.0 Å². The van der Waals surface area contributed by atoms with E-state index in [2.05, 4.69) is 30.5 Å². The van der Waals surface area contributed by atoms with Crippen LogP contribution in [-0.2, 0) is 0 Å². The largest absolute Gasteiger partial charge is 0.308 e. The van der Waals surface area contributed by atoms with Gasteiger partial charge in [-0.2, -0.15) is 10.1 Å². The van der Waals surface area contributed by atoms with Crippen LogP contribution in [0.2, 0.25) is 0 Å². The third-order valence-electron chi connectivity index (χ3n) is 4.94. The Labute approximate surface area is 154 Å². The summed E-state index contributed by atoms with van der Waals surface area (Å²) in [6.07, 6.45) is 5.85. The van der Waals surface area contributed by atoms with Gasteiger partial charge in [-0.15, -0.1) is 0 Å². The van der Waals surface area contributed by atoms with Crippen molar-refractivity contribution in [1.29, 1.82) is 0 Å². The Kier molecular flexibility index (Phi) is 3.63. The van der Waals surface area contributed by atoms with Crippen LogP contribution in [0.5, 0.6) is 0 Å². The monoisotopic (exact) mass is 363 g/mol. The Morgan fingerprint density at radius 2 is 2.04 bits per heavy atom. The van der Waals surface area contributed by atoms with Crippen molar-refractivity contribution in [3.63, 3.8) is 0 Å². The fourth-order valence-electron chi connectivity index (χ4n) is 3.19. The van der Waals surface area contributed by atoms with Gasteiger partial charge in [0.15, 0.2) is 11.5 Å². The summed E-state index contributed by atoms with van der Waals surface area (Å²) in [5.41, 5.74) is 3.54. The maximum absolute atomic E-state index is 13.2. The van der Waals surface area contributed by atoms with Crippen molar-refractivity contribution in [3.8, 4) is 0 Å². The Bertz CT molecular complexity index is 1090. The normalized spacial score (nSPS) is 15.2. The summed E-state index contributed by atoms with van der Waals surface area (Å²) < 4.78 is 15.2. The lowest BCUT2D eigenvalue weighted by Gasteiger charge is -2.14. The number of anilines is 2. The molecule has 5 rings (SSSR count). The van der Waals surface area contributed by atoms with Crippen molar-refractivity contribution in [1.82, 2.24) is 29.7 Å². The van der Waals surface area contributed by atoms with Crippen molar-refractivity contribution in [3.05, 3.63) is 59.9 Å². The highest BCUT2D eigenvalue weighted by Gasteiger charge is 2.25. The van der Waals surface area contributed by atoms with Gasteiger partial charge in [-0.1, -0.05) is 12.1 Å². The number of fused-ring (bicyclic) bond motifs is 1. The van der Waals surface area contributed by atoms with Gasteiger partial charge in [0.05, 0.1) is 18.6 Å². The van der Waals surface area contributed by atoms with Gasteiger partial charge in [0.25, 0.3) is 0 Å². The van der Waals surface area contributed by atoms with Gasteiger partial charge in [0.2, 0.25) is 5.95 Å². The number of H-pyrrole nitrogens is 1. The number of nitrogens with one attached hydrogen (secondary N) is 2. The lowest BCUT2D eigenvalue weighted by Crippen LogP contribution is -2.07. The number of imidazole rings is 1. The highest BCUT2D eigenvalue weighted by Crippen LogP contribution is 2.39. The summed E-state index contributed by atoms with van der Waals surface area (Å²) in [7, 11) is 0. The molecular formula is C19H18FN7. The van der Waals surface area contributed by atoms with Gasteiger partial charge in [-0.25, -0.2) is 14.4 Å². The minimum absolute atomic E-state index is 0.0368. The highest BCUT2D eigenvalue weighted by atomic mass is 19.1. The number of nitrogens with zero attached hydrogens (tertiary/aromatic N) is 5. The Balaban J connectivity index is 1.45. The number of hydrogen-bond donors (Lipinski definition) is 2. The molecule has 0 aliphatic heterocycles. The average molecular weight is 363 g/mol. The van der Waals surface area contributed by atoms with Crippen molar-refractivity contribution in [2.45, 2.75) is 31.7 Å². The summed E-state index contributed by atoms with van der Waals surface area (Å²) in [4.78, 5) is 13.3. The van der Waals surface area contributed by atoms with Crippen LogP contribution < -0.4 is 5.32 Å². The number of hydrogen-bond acceptors (Lipinski definition) is 5. The molecule has 1 aliphatic carbocycles. The molecule has 8 heteroatoms. The van der Waals surface area contributed by atoms with Crippen LogP contribution >= 0.6 is 0 Å². The second kappa shape index (κ2) is 6.15. The lowest BCUT2D eigenvalue weighted by molar-refractivity contribution is 0.619. The fraction of sp³-hybridized carbons (Fsp3) is 0.263. The molecular weight excluding hydrogens is 345 g/mol. The molecule has 136 valence electrons. The zero-order valence-electron chi connectivity index (χ0n) is 14.7. The van der Waals surface area contributed by atoms with Crippen LogP contribution in [0.15, 0.2) is 42.9 Å². The van der Waals surface area contributed by atoms with Crippen LogP contribution in [0.4, 0.5) is 16.2 Å². The van der Waals surface area contributed by atoms with Crippen LogP contribution in [-0.4, -0.2) is 29.7 Å². The summed E-state index contributed by atoms with van der Waals surface area (Å²) in [6.45, 7) is 2.03. The summed E-state index contributed by atoms with van der Waals surface area (Å²) in [6, 6.07) is 8.43. The SMILES string of the molecule is C[C@@H](c1ccc(F)cc1)n1cnc2cnc(Nc3cc(C4CC4)[nH]n3)nc21. The molecule has 4 aromatic rings. The lowest BCUT2D eigenvalue weighted by atomic mass is 10.1. The molecule has 0 saturated heterocycles. The van der Waals surface area contributed by atoms with Crippen LogP contribution in [0.3, 0.4) is 0 Å². The zero-order valence-corrected chi connectivity index (χ0v) is 14.7. The third kappa shape index (κ3) is 3.03. The third-order valence-corrected chi connectivity index (χ3v) is 4.94. The second-order valence-corrected chi connectivity index (χ2v) is 6.89. The maximum atomic E-state index is 13.2. The first kappa shape index (κ1) is 15.9. The first-order chi connectivity index (χ1) is 13.2. The maximum Gasteiger partial charge on any atom is 0.230 e. The fourth-order valence-corrected chi connectivity index (χ4v) is 3.19. The van der Waals surface area contributed by atoms with E-state index in [1.54, 1.807) is 24.7 Å². The van der Waals surface area contributed by atoms with Gasteiger partial charge in [-0.05, 0) is 37.5 Å². The van der Waals surface area contributed by atoms with E-state index >= 15 is 0 Å². The summed E-state index contributed by atoms with van der Waals surface area (Å²) >= 11 is 0. The topological polar surface area (TPSA) is 84.3 Å². The molecule has 0 unspecified atom stereocenters. The van der Waals surface area contributed by atoms with Gasteiger partial charge in [0, 0.05) is 17.7 Å². The molecule has 1 aliphatic rings. The van der Waals surface area contributed by atoms with Gasteiger partial charge in [0.1, 0.15) is 11.3 Å². The van der Waals surface area contributed by atoms with Crippen molar-refractivity contribution < 1.29 is 4.39 Å². The predicted molar refractivity (Wildman–Crippen MR) is 99.4 cm³/mol. The minimum atomic E-state index is -0.250. The Morgan fingerprint density at radius 3 is 2.81 bits per heavy atom. The molecule has 2 N–H and O–H groups in total. The van der Waals surface area contributed by atoms with Crippen molar-refractivity contribution >= 4 is 22.9 Å². The first-order valence-electron chi connectivity index (χ1n) is 8.95. The van der Waals surface area contributed by atoms with E-state index in [0.717, 1.165) is 11.3 Å². The number of halogens is 1. The smallest absolute Gasteiger partial charge is 0.230 e. The van der Waals surface area contributed by atoms with E-state index < -0.39 is 0 Å². The summed E-state index contributed by atoms with van der Waals surface area (Å²) in [5, 5.41) is 10.5. The van der Waals surface area contributed by atoms with Crippen molar-refractivity contribution in [2.75, 3.05) is 5.32 Å². The number of aromatic amines is 1. The molecule has 0 radical (unpaired) electrons. The quantitative estimate of drug-likeness (QED) is 0.561. The van der Waals surface area contributed by atoms with E-state index in [-0.39, 0.29) is 11.9 Å². The molecule has 1 aromatic carbocycles. The average Bonchev–Trinajstić information content (AvgIpc) is 3.28. The molecule has 0 bridgehead atoms. The molecule has 1 atom stereocenters. The molecule has 27 heavy (non-hydrogen) atoms. The van der Waals surface area contributed by atoms with Crippen LogP contribution in [0.25, 0.3) is 11.2 Å². The van der Waals surface area contributed by atoms with Crippen LogP contribution in [0, 0.1) is 5.82 Å². The molecule has 1 saturated carbocycles. The molecule has 3 heterocycles. The van der Waals surface area contributed by atoms with Gasteiger partial charge < -0.3 is 9.88 Å². The zero-order chi connectivity index (χ0) is 18.4. The van der Waals surface area contributed by atoms with Crippen LogP contribution in [0.1, 0.15) is 43.0 Å². The number of rotatable bonds is 5. The van der Waals surface area contributed by atoms with E-state index in [9.17, 15) is 4.39 Å². The van der Waals surface area contributed by atoms with E-state index in [4.69, 9.17) is 0 Å². The second-order valence-electron chi connectivity index (χ2n) is 6.89. The Hall–Kier alpha value is -3.29. The van der Waals surface area contributed by atoms with Crippen molar-refractivity contribution in [2.24, 2.45) is 0 Å². The standard InChI is InChI=1S/C19H18FN7/c1-11(12-4-6-14(20)7-5-12)27-10-22-16-9-21-19(24-18(16)27)23-17-8-15(25-26-17)13-2-3-13/h4-11,13H,2-3H2,1H3,(H2,21,23,24,25,26)/t11-/m0/s1. The molecule has 7 nitrogen and oxygen atoms in total. The molecule has 0 amide bonds. The molecule has 1 fully saturated rings. The first-order valence-corrected chi connectivity index (χ1v) is 8.95. The number of benzene rings is 1. The highest BCUT2D eigenvalue weighted by molar-refractivity contribution is 5.72. The Morgan fingerprint density at radius 1 is 1.22 bits per heavy atom. The molecule has 3 aromatic heterocycles. The predicted octanol–water partition coefficient (Wildman–Crippen LogP) is 3.92. The summed E-state index contributed by atoms with van der Waals surface area (Å²) in [5.74, 6) is 1.52. The van der Waals surface area contributed by atoms with E-state index in [0.29, 0.717) is 28.8 Å². The molecule has 0 spiro atoms. The number of aromatic nitrogens is 6.